The number of β-amino-alcohol motifs (C(OH)–C–C–N with tert-alkyl or cyclic N) is 1. The summed E-state index contributed by atoms with van der Waals surface area (Å²) in [7, 11) is 1.61. The maximum absolute atomic E-state index is 12.5. The Kier molecular flexibility index (Phi) is 7.02. The van der Waals surface area contributed by atoms with Crippen molar-refractivity contribution in [3.8, 4) is 5.75 Å². The van der Waals surface area contributed by atoms with Gasteiger partial charge in [0.15, 0.2) is 0 Å². The average Bonchev–Trinajstić information content (AvgIpc) is 2.60. The summed E-state index contributed by atoms with van der Waals surface area (Å²) in [6.45, 7) is 7.71. The summed E-state index contributed by atoms with van der Waals surface area (Å²) in [5.74, 6) is 0.787. The van der Waals surface area contributed by atoms with Crippen LogP contribution in [0, 0.1) is 0 Å². The topological polar surface area (TPSA) is 62.2 Å². The van der Waals surface area contributed by atoms with Crippen molar-refractivity contribution in [1.29, 1.82) is 0 Å². The van der Waals surface area contributed by atoms with Gasteiger partial charge in [-0.25, -0.2) is 0 Å². The molecule has 1 saturated heterocycles. The highest BCUT2D eigenvalue weighted by Crippen LogP contribution is 2.14. The molecule has 2 rings (SSSR count). The lowest BCUT2D eigenvalue weighted by Crippen LogP contribution is -2.50. The van der Waals surface area contributed by atoms with E-state index < -0.39 is 6.10 Å². The first-order valence-electron chi connectivity index (χ1n) is 8.45. The predicted molar refractivity (Wildman–Crippen MR) is 92.4 cm³/mol. The molecule has 1 N–H and O–H groups in total. The van der Waals surface area contributed by atoms with Crippen LogP contribution in [0.5, 0.6) is 5.75 Å². The van der Waals surface area contributed by atoms with Crippen LogP contribution in [0.4, 0.5) is 0 Å². The molecule has 0 saturated carbocycles. The number of methoxy groups -OCH3 is 1. The molecular formula is C18H28N2O4. The third-order valence-corrected chi connectivity index (χ3v) is 4.09. The zero-order valence-electron chi connectivity index (χ0n) is 14.8. The van der Waals surface area contributed by atoms with Crippen molar-refractivity contribution in [2.45, 2.75) is 26.1 Å². The molecule has 1 fully saturated rings. The van der Waals surface area contributed by atoms with Gasteiger partial charge in [-0.15, -0.1) is 0 Å². The minimum absolute atomic E-state index is 0.0426. The van der Waals surface area contributed by atoms with Crippen LogP contribution >= 0.6 is 0 Å². The Morgan fingerprint density at radius 2 is 1.79 bits per heavy atom. The molecule has 1 aliphatic heterocycles. The number of nitrogens with zero attached hydrogens (tertiary/aromatic N) is 2. The Hall–Kier alpha value is -1.63. The van der Waals surface area contributed by atoms with Crippen LogP contribution in [0.2, 0.25) is 0 Å². The standard InChI is InChI=1S/C18H28N2O4/c1-14(2)24-13-16(21)12-19-8-10-20(11-9-19)18(22)15-4-6-17(23-3)7-5-15/h4-7,14,16,21H,8-13H2,1-3H3. The summed E-state index contributed by atoms with van der Waals surface area (Å²) >= 11 is 0. The van der Waals surface area contributed by atoms with Crippen molar-refractivity contribution >= 4 is 5.91 Å². The Balaban J connectivity index is 1.78. The number of hydrogen-bond donors (Lipinski definition) is 1. The van der Waals surface area contributed by atoms with Gasteiger partial charge in [-0.1, -0.05) is 0 Å². The van der Waals surface area contributed by atoms with Gasteiger partial charge in [0.1, 0.15) is 5.75 Å². The molecule has 0 spiro atoms. The zero-order valence-corrected chi connectivity index (χ0v) is 14.8. The molecule has 1 aliphatic rings. The first kappa shape index (κ1) is 18.7. The summed E-state index contributed by atoms with van der Waals surface area (Å²) in [5, 5.41) is 9.99. The Morgan fingerprint density at radius 3 is 2.33 bits per heavy atom. The van der Waals surface area contributed by atoms with Gasteiger partial charge in [0.05, 0.1) is 25.9 Å². The molecule has 6 nitrogen and oxygen atoms in total. The number of carbonyl (C=O) groups excluding carboxylic acids is 1. The lowest BCUT2D eigenvalue weighted by Gasteiger charge is -2.35. The van der Waals surface area contributed by atoms with Gasteiger partial charge in [0.25, 0.3) is 5.91 Å². The predicted octanol–water partition coefficient (Wildman–Crippen LogP) is 1.24. The largest absolute Gasteiger partial charge is 0.497 e. The van der Waals surface area contributed by atoms with Gasteiger partial charge in [-0.3, -0.25) is 9.69 Å². The molecule has 1 aromatic carbocycles. The van der Waals surface area contributed by atoms with Crippen molar-refractivity contribution in [2.24, 2.45) is 0 Å². The van der Waals surface area contributed by atoms with Gasteiger partial charge in [-0.2, -0.15) is 0 Å². The number of amides is 1. The molecule has 1 heterocycles. The number of carbonyl (C=O) groups is 1. The van der Waals surface area contributed by atoms with Crippen LogP contribution < -0.4 is 4.74 Å². The summed E-state index contributed by atoms with van der Waals surface area (Å²) in [6.07, 6.45) is -0.366. The maximum atomic E-state index is 12.5. The number of piperazine rings is 1. The molecule has 6 heteroatoms. The summed E-state index contributed by atoms with van der Waals surface area (Å²) in [6, 6.07) is 7.18. The minimum atomic E-state index is -0.490. The molecule has 1 unspecified atom stereocenters. The summed E-state index contributed by atoms with van der Waals surface area (Å²) in [4.78, 5) is 16.5. The summed E-state index contributed by atoms with van der Waals surface area (Å²) in [5.41, 5.74) is 0.676. The van der Waals surface area contributed by atoms with Gasteiger partial charge < -0.3 is 19.5 Å². The zero-order chi connectivity index (χ0) is 17.5. The van der Waals surface area contributed by atoms with E-state index in [1.54, 1.807) is 31.4 Å². The molecule has 0 aliphatic carbocycles. The lowest BCUT2D eigenvalue weighted by molar-refractivity contribution is -0.0137. The van der Waals surface area contributed by atoms with Crippen LogP contribution in [-0.4, -0.2) is 79.5 Å². The molecule has 1 atom stereocenters. The fraction of sp³-hybridized carbons (Fsp3) is 0.611. The van der Waals surface area contributed by atoms with Crippen molar-refractivity contribution in [1.82, 2.24) is 9.80 Å². The van der Waals surface area contributed by atoms with E-state index in [0.717, 1.165) is 18.8 Å². The van der Waals surface area contributed by atoms with Crippen LogP contribution in [0.1, 0.15) is 24.2 Å². The second-order valence-electron chi connectivity index (χ2n) is 6.36. The highest BCUT2D eigenvalue weighted by atomic mass is 16.5. The molecule has 1 amide bonds. The third-order valence-electron chi connectivity index (χ3n) is 4.09. The fourth-order valence-corrected chi connectivity index (χ4v) is 2.70. The second-order valence-corrected chi connectivity index (χ2v) is 6.36. The maximum Gasteiger partial charge on any atom is 0.253 e. The van der Waals surface area contributed by atoms with E-state index in [-0.39, 0.29) is 12.0 Å². The smallest absolute Gasteiger partial charge is 0.253 e. The van der Waals surface area contributed by atoms with E-state index in [1.165, 1.54) is 0 Å². The Morgan fingerprint density at radius 1 is 1.17 bits per heavy atom. The first-order valence-corrected chi connectivity index (χ1v) is 8.45. The SMILES string of the molecule is COc1ccc(C(=O)N2CCN(CC(O)COC(C)C)CC2)cc1. The molecule has 24 heavy (non-hydrogen) atoms. The second kappa shape index (κ2) is 9.01. The van der Waals surface area contributed by atoms with Crippen LogP contribution in [-0.2, 0) is 4.74 Å². The van der Waals surface area contributed by atoms with Crippen molar-refractivity contribution in [3.05, 3.63) is 29.8 Å². The van der Waals surface area contributed by atoms with E-state index >= 15 is 0 Å². The molecule has 0 aromatic heterocycles. The van der Waals surface area contributed by atoms with E-state index in [4.69, 9.17) is 9.47 Å². The Labute approximate surface area is 144 Å². The summed E-state index contributed by atoms with van der Waals surface area (Å²) < 4.78 is 10.5. The van der Waals surface area contributed by atoms with E-state index in [2.05, 4.69) is 4.90 Å². The molecular weight excluding hydrogens is 308 g/mol. The number of aliphatic hydroxyl groups is 1. The van der Waals surface area contributed by atoms with Gasteiger partial charge in [0.2, 0.25) is 0 Å². The number of aliphatic hydroxyl groups excluding tert-OH is 1. The number of rotatable bonds is 7. The van der Waals surface area contributed by atoms with E-state index in [1.807, 2.05) is 18.7 Å². The van der Waals surface area contributed by atoms with Crippen molar-refractivity contribution in [2.75, 3.05) is 46.4 Å². The van der Waals surface area contributed by atoms with Crippen LogP contribution in [0.15, 0.2) is 24.3 Å². The molecule has 0 bridgehead atoms. The average molecular weight is 336 g/mol. The number of benzene rings is 1. The van der Waals surface area contributed by atoms with E-state index in [9.17, 15) is 9.90 Å². The quantitative estimate of drug-likeness (QED) is 0.812. The van der Waals surface area contributed by atoms with Gasteiger partial charge in [-0.05, 0) is 38.1 Å². The first-order chi connectivity index (χ1) is 11.5. The lowest BCUT2D eigenvalue weighted by atomic mass is 10.1. The van der Waals surface area contributed by atoms with Gasteiger partial charge >= 0.3 is 0 Å². The number of ether oxygens (including phenoxy) is 2. The molecule has 1 aromatic rings. The molecule has 134 valence electrons. The van der Waals surface area contributed by atoms with Crippen LogP contribution in [0.3, 0.4) is 0 Å². The third kappa shape index (κ3) is 5.47. The van der Waals surface area contributed by atoms with Gasteiger partial charge in [0, 0.05) is 38.3 Å². The monoisotopic (exact) mass is 336 g/mol. The minimum Gasteiger partial charge on any atom is -0.497 e. The normalized spacial score (nSPS) is 17.1. The fourth-order valence-electron chi connectivity index (χ4n) is 2.70. The Bertz CT molecular complexity index is 510. The highest BCUT2D eigenvalue weighted by molar-refractivity contribution is 5.94. The highest BCUT2D eigenvalue weighted by Gasteiger charge is 2.23. The van der Waals surface area contributed by atoms with Crippen molar-refractivity contribution in [3.63, 3.8) is 0 Å². The van der Waals surface area contributed by atoms with Crippen LogP contribution in [0.25, 0.3) is 0 Å². The molecule has 0 radical (unpaired) electrons. The number of hydrogen-bond acceptors (Lipinski definition) is 5. The van der Waals surface area contributed by atoms with E-state index in [0.29, 0.717) is 31.8 Å². The van der Waals surface area contributed by atoms with Crippen molar-refractivity contribution < 1.29 is 19.4 Å².